The molecule has 2 rings (SSSR count). The number of hydrogen-bond donors (Lipinski definition) is 0. The Morgan fingerprint density at radius 1 is 1.06 bits per heavy atom. The Bertz CT molecular complexity index is 492. The summed E-state index contributed by atoms with van der Waals surface area (Å²) in [5.74, 6) is 0.715. The summed E-state index contributed by atoms with van der Waals surface area (Å²) < 4.78 is 0. The number of rotatable bonds is 4. The Balaban J connectivity index is 2.42. The molecule has 2 aromatic rings. The standard InChI is InChI=1S/C16H19Cl/c1-3-16(2,12-17)11-14-9-6-8-13-7-4-5-10-15(13)14/h4-10H,3,11-12H2,1-2H3. The number of fused-ring (bicyclic) bond motifs is 1. The Morgan fingerprint density at radius 2 is 1.76 bits per heavy atom. The zero-order valence-corrected chi connectivity index (χ0v) is 11.3. The molecule has 1 atom stereocenters. The summed E-state index contributed by atoms with van der Waals surface area (Å²) >= 11 is 6.11. The van der Waals surface area contributed by atoms with E-state index in [1.165, 1.54) is 16.3 Å². The molecule has 0 bridgehead atoms. The maximum atomic E-state index is 6.11. The molecule has 2 aromatic carbocycles. The van der Waals surface area contributed by atoms with Gasteiger partial charge in [0.25, 0.3) is 0 Å². The van der Waals surface area contributed by atoms with Crippen molar-refractivity contribution in [3.63, 3.8) is 0 Å². The molecule has 0 aliphatic carbocycles. The third kappa shape index (κ3) is 2.63. The fourth-order valence-electron chi connectivity index (χ4n) is 2.17. The summed E-state index contributed by atoms with van der Waals surface area (Å²) in [4.78, 5) is 0. The van der Waals surface area contributed by atoms with Crippen molar-refractivity contribution in [2.45, 2.75) is 26.7 Å². The summed E-state index contributed by atoms with van der Waals surface area (Å²) in [5.41, 5.74) is 1.61. The second kappa shape index (κ2) is 5.10. The van der Waals surface area contributed by atoms with E-state index in [0.717, 1.165) is 12.8 Å². The van der Waals surface area contributed by atoms with Crippen molar-refractivity contribution >= 4 is 22.4 Å². The summed E-state index contributed by atoms with van der Waals surface area (Å²) in [6, 6.07) is 15.1. The highest BCUT2D eigenvalue weighted by molar-refractivity contribution is 6.18. The van der Waals surface area contributed by atoms with Crippen LogP contribution in [0.2, 0.25) is 0 Å². The second-order valence-electron chi connectivity index (χ2n) is 5.11. The minimum atomic E-state index is 0.200. The molecule has 0 aliphatic heterocycles. The van der Waals surface area contributed by atoms with E-state index in [0.29, 0.717) is 5.88 Å². The average Bonchev–Trinajstić information content (AvgIpc) is 2.39. The average molecular weight is 247 g/mol. The Kier molecular flexibility index (Phi) is 3.73. The molecule has 17 heavy (non-hydrogen) atoms. The fraction of sp³-hybridized carbons (Fsp3) is 0.375. The van der Waals surface area contributed by atoms with Gasteiger partial charge in [0.05, 0.1) is 0 Å². The zero-order valence-electron chi connectivity index (χ0n) is 10.5. The molecular formula is C16H19Cl. The predicted octanol–water partition coefficient (Wildman–Crippen LogP) is 5.04. The monoisotopic (exact) mass is 246 g/mol. The van der Waals surface area contributed by atoms with Gasteiger partial charge in [-0.3, -0.25) is 0 Å². The molecular weight excluding hydrogens is 228 g/mol. The molecule has 0 radical (unpaired) electrons. The van der Waals surface area contributed by atoms with Gasteiger partial charge in [-0.05, 0) is 34.6 Å². The molecule has 0 fully saturated rings. The molecule has 0 aromatic heterocycles. The number of alkyl halides is 1. The van der Waals surface area contributed by atoms with Crippen LogP contribution >= 0.6 is 11.6 Å². The van der Waals surface area contributed by atoms with E-state index in [-0.39, 0.29) is 5.41 Å². The lowest BCUT2D eigenvalue weighted by molar-refractivity contribution is 0.357. The van der Waals surface area contributed by atoms with Crippen molar-refractivity contribution in [3.8, 4) is 0 Å². The fourth-order valence-corrected chi connectivity index (χ4v) is 2.46. The van der Waals surface area contributed by atoms with Gasteiger partial charge in [-0.2, -0.15) is 0 Å². The lowest BCUT2D eigenvalue weighted by Gasteiger charge is -2.26. The van der Waals surface area contributed by atoms with Crippen molar-refractivity contribution in [1.29, 1.82) is 0 Å². The smallest absolute Gasteiger partial charge is 0.0280 e. The van der Waals surface area contributed by atoms with Gasteiger partial charge in [0.15, 0.2) is 0 Å². The first-order valence-corrected chi connectivity index (χ1v) is 6.74. The molecule has 0 nitrogen and oxygen atoms in total. The lowest BCUT2D eigenvalue weighted by Crippen LogP contribution is -2.20. The predicted molar refractivity (Wildman–Crippen MR) is 76.8 cm³/mol. The maximum absolute atomic E-state index is 6.11. The highest BCUT2D eigenvalue weighted by atomic mass is 35.5. The highest BCUT2D eigenvalue weighted by Crippen LogP contribution is 2.31. The van der Waals surface area contributed by atoms with Gasteiger partial charge >= 0.3 is 0 Å². The van der Waals surface area contributed by atoms with E-state index >= 15 is 0 Å². The van der Waals surface area contributed by atoms with E-state index in [1.54, 1.807) is 0 Å². The SMILES string of the molecule is CCC(C)(CCl)Cc1cccc2ccccc12. The summed E-state index contributed by atoms with van der Waals surface area (Å²) in [7, 11) is 0. The first kappa shape index (κ1) is 12.4. The number of benzene rings is 2. The largest absolute Gasteiger partial charge is 0.126 e. The van der Waals surface area contributed by atoms with Gasteiger partial charge in [0.2, 0.25) is 0 Å². The molecule has 0 heterocycles. The molecule has 0 amide bonds. The van der Waals surface area contributed by atoms with Crippen molar-refractivity contribution in [3.05, 3.63) is 48.0 Å². The van der Waals surface area contributed by atoms with Crippen LogP contribution in [-0.2, 0) is 6.42 Å². The van der Waals surface area contributed by atoms with Crippen LogP contribution in [0.3, 0.4) is 0 Å². The number of hydrogen-bond acceptors (Lipinski definition) is 0. The van der Waals surface area contributed by atoms with E-state index in [4.69, 9.17) is 11.6 Å². The molecule has 90 valence electrons. The van der Waals surface area contributed by atoms with Gasteiger partial charge in [-0.15, -0.1) is 11.6 Å². The van der Waals surface area contributed by atoms with Crippen molar-refractivity contribution in [1.82, 2.24) is 0 Å². The van der Waals surface area contributed by atoms with Crippen molar-refractivity contribution in [2.75, 3.05) is 5.88 Å². The third-order valence-corrected chi connectivity index (χ3v) is 4.32. The maximum Gasteiger partial charge on any atom is 0.0280 e. The zero-order chi connectivity index (χ0) is 12.3. The summed E-state index contributed by atoms with van der Waals surface area (Å²) in [6.45, 7) is 4.48. The quantitative estimate of drug-likeness (QED) is 0.664. The third-order valence-electron chi connectivity index (χ3n) is 3.67. The van der Waals surface area contributed by atoms with E-state index < -0.39 is 0 Å². The van der Waals surface area contributed by atoms with Gasteiger partial charge in [-0.25, -0.2) is 0 Å². The summed E-state index contributed by atoms with van der Waals surface area (Å²) in [5, 5.41) is 2.68. The molecule has 0 aliphatic rings. The van der Waals surface area contributed by atoms with Gasteiger partial charge in [0, 0.05) is 5.88 Å². The molecule has 0 N–H and O–H groups in total. The normalized spacial score (nSPS) is 14.8. The topological polar surface area (TPSA) is 0 Å². The molecule has 0 saturated heterocycles. The molecule has 0 spiro atoms. The Morgan fingerprint density at radius 3 is 2.47 bits per heavy atom. The van der Waals surface area contributed by atoms with Crippen LogP contribution in [0.1, 0.15) is 25.8 Å². The van der Waals surface area contributed by atoms with Gasteiger partial charge in [0.1, 0.15) is 0 Å². The molecule has 1 heteroatoms. The summed E-state index contributed by atoms with van der Waals surface area (Å²) in [6.07, 6.45) is 2.16. The minimum Gasteiger partial charge on any atom is -0.126 e. The van der Waals surface area contributed by atoms with Crippen LogP contribution < -0.4 is 0 Å². The highest BCUT2D eigenvalue weighted by Gasteiger charge is 2.22. The van der Waals surface area contributed by atoms with Crippen LogP contribution in [0.4, 0.5) is 0 Å². The van der Waals surface area contributed by atoms with Crippen molar-refractivity contribution in [2.24, 2.45) is 5.41 Å². The molecule has 0 saturated carbocycles. The van der Waals surface area contributed by atoms with Gasteiger partial charge in [-0.1, -0.05) is 56.3 Å². The van der Waals surface area contributed by atoms with E-state index in [2.05, 4.69) is 56.3 Å². The van der Waals surface area contributed by atoms with Crippen LogP contribution in [-0.4, -0.2) is 5.88 Å². The lowest BCUT2D eigenvalue weighted by atomic mass is 9.82. The van der Waals surface area contributed by atoms with E-state index in [9.17, 15) is 0 Å². The molecule has 1 unspecified atom stereocenters. The minimum absolute atomic E-state index is 0.200. The Hall–Kier alpha value is -1.01. The van der Waals surface area contributed by atoms with Crippen LogP contribution in [0, 0.1) is 5.41 Å². The first-order valence-electron chi connectivity index (χ1n) is 6.21. The van der Waals surface area contributed by atoms with Crippen molar-refractivity contribution < 1.29 is 0 Å². The van der Waals surface area contributed by atoms with Crippen LogP contribution in [0.15, 0.2) is 42.5 Å². The van der Waals surface area contributed by atoms with Crippen LogP contribution in [0.25, 0.3) is 10.8 Å². The van der Waals surface area contributed by atoms with E-state index in [1.807, 2.05) is 0 Å². The van der Waals surface area contributed by atoms with Gasteiger partial charge < -0.3 is 0 Å². The Labute approximate surface area is 109 Å². The number of halogens is 1. The first-order chi connectivity index (χ1) is 8.18. The second-order valence-corrected chi connectivity index (χ2v) is 5.38. The van der Waals surface area contributed by atoms with Crippen LogP contribution in [0.5, 0.6) is 0 Å².